The molecule has 1 aromatic carbocycles. The molecule has 15 heavy (non-hydrogen) atoms. The predicted octanol–water partition coefficient (Wildman–Crippen LogP) is 2.47. The maximum absolute atomic E-state index is 10.2. The number of benzene rings is 1. The van der Waals surface area contributed by atoms with Crippen LogP contribution in [-0.2, 0) is 0 Å². The Morgan fingerprint density at radius 3 is 2.40 bits per heavy atom. The standard InChI is InChI=1S/C13H20OSi/c1-4-5-11-13(14)15(2,3)12-9-7-6-8-10-12/h4-10,13-14H,11H2,1-3H3/b5-4-. The third-order valence-corrected chi connectivity index (χ3v) is 6.67. The summed E-state index contributed by atoms with van der Waals surface area (Å²) in [4.78, 5) is 0. The van der Waals surface area contributed by atoms with E-state index in [1.54, 1.807) is 0 Å². The molecule has 0 aromatic heterocycles. The highest BCUT2D eigenvalue weighted by atomic mass is 28.3. The quantitative estimate of drug-likeness (QED) is 0.610. The van der Waals surface area contributed by atoms with Crippen LogP contribution in [0.2, 0.25) is 13.1 Å². The van der Waals surface area contributed by atoms with Gasteiger partial charge in [-0.15, -0.1) is 0 Å². The Kier molecular flexibility index (Phi) is 4.30. The number of hydrogen-bond acceptors (Lipinski definition) is 1. The van der Waals surface area contributed by atoms with E-state index in [0.29, 0.717) is 0 Å². The second-order valence-electron chi connectivity index (χ2n) is 4.41. The van der Waals surface area contributed by atoms with Crippen LogP contribution < -0.4 is 5.19 Å². The maximum atomic E-state index is 10.2. The minimum absolute atomic E-state index is 0.198. The van der Waals surface area contributed by atoms with Gasteiger partial charge in [0.1, 0.15) is 8.07 Å². The van der Waals surface area contributed by atoms with Crippen LogP contribution in [-0.4, -0.2) is 18.9 Å². The smallest absolute Gasteiger partial charge is 0.113 e. The van der Waals surface area contributed by atoms with Gasteiger partial charge in [0.05, 0.1) is 5.73 Å². The fourth-order valence-corrected chi connectivity index (χ4v) is 3.78. The lowest BCUT2D eigenvalue weighted by Gasteiger charge is -2.28. The second kappa shape index (κ2) is 5.28. The molecule has 1 aromatic rings. The molecule has 1 unspecified atom stereocenters. The van der Waals surface area contributed by atoms with Gasteiger partial charge in [0.25, 0.3) is 0 Å². The largest absolute Gasteiger partial charge is 0.396 e. The summed E-state index contributed by atoms with van der Waals surface area (Å²) in [6.45, 7) is 6.43. The van der Waals surface area contributed by atoms with Gasteiger partial charge in [-0.05, 0) is 13.3 Å². The van der Waals surface area contributed by atoms with E-state index in [1.807, 2.05) is 37.3 Å². The summed E-state index contributed by atoms with van der Waals surface area (Å²) < 4.78 is 0. The first-order valence-corrected chi connectivity index (χ1v) is 8.51. The summed E-state index contributed by atoms with van der Waals surface area (Å²) in [5.41, 5.74) is -0.198. The number of aliphatic hydroxyl groups is 1. The van der Waals surface area contributed by atoms with Gasteiger partial charge in [0.15, 0.2) is 0 Å². The summed E-state index contributed by atoms with van der Waals surface area (Å²) in [5.74, 6) is 0. The van der Waals surface area contributed by atoms with E-state index in [2.05, 4.69) is 25.2 Å². The molecule has 0 saturated carbocycles. The molecule has 1 rings (SSSR count). The van der Waals surface area contributed by atoms with Crippen LogP contribution >= 0.6 is 0 Å². The molecular formula is C13H20OSi. The van der Waals surface area contributed by atoms with Crippen molar-refractivity contribution >= 4 is 13.3 Å². The summed E-state index contributed by atoms with van der Waals surface area (Å²) >= 11 is 0. The Balaban J connectivity index is 2.82. The molecular weight excluding hydrogens is 200 g/mol. The fourth-order valence-electron chi connectivity index (χ4n) is 1.62. The van der Waals surface area contributed by atoms with Crippen LogP contribution in [0.15, 0.2) is 42.5 Å². The molecule has 0 saturated heterocycles. The Labute approximate surface area is 93.5 Å². The van der Waals surface area contributed by atoms with Crippen molar-refractivity contribution in [2.24, 2.45) is 0 Å². The van der Waals surface area contributed by atoms with Gasteiger partial charge >= 0.3 is 0 Å². The summed E-state index contributed by atoms with van der Waals surface area (Å²) in [6.07, 6.45) is 4.81. The zero-order chi connectivity index (χ0) is 11.3. The van der Waals surface area contributed by atoms with Crippen molar-refractivity contribution in [2.45, 2.75) is 32.2 Å². The average Bonchev–Trinajstić information content (AvgIpc) is 2.27. The van der Waals surface area contributed by atoms with Crippen molar-refractivity contribution in [3.8, 4) is 0 Å². The van der Waals surface area contributed by atoms with E-state index in [4.69, 9.17) is 0 Å². The fraction of sp³-hybridized carbons (Fsp3) is 0.385. The van der Waals surface area contributed by atoms with Crippen LogP contribution in [0.3, 0.4) is 0 Å². The molecule has 0 heterocycles. The van der Waals surface area contributed by atoms with E-state index in [0.717, 1.165) is 6.42 Å². The van der Waals surface area contributed by atoms with Gasteiger partial charge in [-0.25, -0.2) is 0 Å². The molecule has 1 atom stereocenters. The average molecular weight is 220 g/mol. The van der Waals surface area contributed by atoms with E-state index in [1.165, 1.54) is 5.19 Å². The molecule has 0 aliphatic rings. The highest BCUT2D eigenvalue weighted by molar-refractivity contribution is 6.90. The van der Waals surface area contributed by atoms with Crippen molar-refractivity contribution in [3.05, 3.63) is 42.5 Å². The predicted molar refractivity (Wildman–Crippen MR) is 69.0 cm³/mol. The molecule has 0 bridgehead atoms. The minimum atomic E-state index is -1.72. The number of rotatable bonds is 4. The normalized spacial score (nSPS) is 14.4. The van der Waals surface area contributed by atoms with Crippen molar-refractivity contribution in [1.29, 1.82) is 0 Å². The molecule has 2 heteroatoms. The van der Waals surface area contributed by atoms with E-state index < -0.39 is 8.07 Å². The van der Waals surface area contributed by atoms with E-state index in [-0.39, 0.29) is 5.73 Å². The molecule has 1 N–H and O–H groups in total. The SMILES string of the molecule is C/C=C\CC(O)[Si](C)(C)c1ccccc1. The van der Waals surface area contributed by atoms with Gasteiger partial charge in [-0.2, -0.15) is 0 Å². The molecule has 0 spiro atoms. The van der Waals surface area contributed by atoms with Gasteiger partial charge in [-0.3, -0.25) is 0 Å². The highest BCUT2D eigenvalue weighted by Gasteiger charge is 2.31. The zero-order valence-corrected chi connectivity index (χ0v) is 10.8. The lowest BCUT2D eigenvalue weighted by atomic mass is 10.4. The summed E-state index contributed by atoms with van der Waals surface area (Å²) in [7, 11) is -1.72. The first kappa shape index (κ1) is 12.2. The maximum Gasteiger partial charge on any atom is 0.113 e. The lowest BCUT2D eigenvalue weighted by molar-refractivity contribution is 0.249. The molecule has 82 valence electrons. The van der Waals surface area contributed by atoms with Crippen LogP contribution in [0.5, 0.6) is 0 Å². The lowest BCUT2D eigenvalue weighted by Crippen LogP contribution is -2.52. The van der Waals surface area contributed by atoms with Gasteiger partial charge in [0, 0.05) is 0 Å². The Bertz CT molecular complexity index is 317. The zero-order valence-electron chi connectivity index (χ0n) is 9.77. The third-order valence-electron chi connectivity index (χ3n) is 2.95. The van der Waals surface area contributed by atoms with E-state index >= 15 is 0 Å². The van der Waals surface area contributed by atoms with Crippen molar-refractivity contribution in [2.75, 3.05) is 0 Å². The van der Waals surface area contributed by atoms with E-state index in [9.17, 15) is 5.11 Å². The second-order valence-corrected chi connectivity index (χ2v) is 9.10. The number of aliphatic hydroxyl groups excluding tert-OH is 1. The number of allylic oxidation sites excluding steroid dienone is 1. The summed E-state index contributed by atoms with van der Waals surface area (Å²) in [6, 6.07) is 10.4. The molecule has 0 aliphatic carbocycles. The Hall–Kier alpha value is -0.863. The van der Waals surface area contributed by atoms with Crippen LogP contribution in [0.1, 0.15) is 13.3 Å². The van der Waals surface area contributed by atoms with Gasteiger partial charge in [0.2, 0.25) is 0 Å². The summed E-state index contributed by atoms with van der Waals surface area (Å²) in [5, 5.41) is 11.5. The van der Waals surface area contributed by atoms with Crippen molar-refractivity contribution < 1.29 is 5.11 Å². The first-order valence-electron chi connectivity index (χ1n) is 5.43. The van der Waals surface area contributed by atoms with Gasteiger partial charge in [-0.1, -0.05) is 60.8 Å². The molecule has 0 fully saturated rings. The van der Waals surface area contributed by atoms with Crippen LogP contribution in [0, 0.1) is 0 Å². The third kappa shape index (κ3) is 3.04. The van der Waals surface area contributed by atoms with Gasteiger partial charge < -0.3 is 5.11 Å². The van der Waals surface area contributed by atoms with Crippen LogP contribution in [0.25, 0.3) is 0 Å². The number of hydrogen-bond donors (Lipinski definition) is 1. The van der Waals surface area contributed by atoms with Crippen molar-refractivity contribution in [1.82, 2.24) is 0 Å². The highest BCUT2D eigenvalue weighted by Crippen LogP contribution is 2.12. The van der Waals surface area contributed by atoms with Crippen molar-refractivity contribution in [3.63, 3.8) is 0 Å². The monoisotopic (exact) mass is 220 g/mol. The topological polar surface area (TPSA) is 20.2 Å². The Morgan fingerprint density at radius 2 is 1.87 bits per heavy atom. The van der Waals surface area contributed by atoms with Crippen LogP contribution in [0.4, 0.5) is 0 Å². The first-order chi connectivity index (χ1) is 7.09. The molecule has 1 nitrogen and oxygen atoms in total. The molecule has 0 amide bonds. The Morgan fingerprint density at radius 1 is 1.27 bits per heavy atom. The molecule has 0 aliphatic heterocycles. The minimum Gasteiger partial charge on any atom is -0.396 e. The molecule has 0 radical (unpaired) electrons.